The van der Waals surface area contributed by atoms with Gasteiger partial charge in [0.25, 0.3) is 0 Å². The van der Waals surface area contributed by atoms with E-state index in [-0.39, 0.29) is 16.9 Å². The number of rotatable bonds is 0. The molecule has 2 aliphatic rings. The molecule has 17 heavy (non-hydrogen) atoms. The van der Waals surface area contributed by atoms with Crippen molar-refractivity contribution in [2.45, 2.75) is 26.2 Å². The van der Waals surface area contributed by atoms with Crippen molar-refractivity contribution in [3.8, 4) is 5.75 Å². The van der Waals surface area contributed by atoms with Gasteiger partial charge in [-0.05, 0) is 63.0 Å². The van der Waals surface area contributed by atoms with E-state index >= 15 is 0 Å². The number of fused-ring (bicyclic) bond motifs is 3. The molecule has 0 aliphatic heterocycles. The van der Waals surface area contributed by atoms with Crippen molar-refractivity contribution >= 4 is 27.3 Å². The third kappa shape index (κ3) is 1.48. The molecule has 2 nitrogen and oxygen atoms in total. The number of hydrogen-bond donors (Lipinski definition) is 1. The molecule has 1 aromatic rings. The van der Waals surface area contributed by atoms with E-state index in [1.165, 1.54) is 5.56 Å². The highest BCUT2D eigenvalue weighted by Crippen LogP contribution is 2.54. The van der Waals surface area contributed by atoms with Gasteiger partial charge in [-0.2, -0.15) is 0 Å². The number of allylic oxidation sites excluding steroid dienone is 2. The van der Waals surface area contributed by atoms with E-state index < -0.39 is 0 Å². The van der Waals surface area contributed by atoms with Crippen molar-refractivity contribution < 1.29 is 9.90 Å². The maximum absolute atomic E-state index is 11.8. The number of phenolic OH excluding ortho intramolecular Hbond substituents is 1. The summed E-state index contributed by atoms with van der Waals surface area (Å²) in [4.78, 5) is 11.8. The lowest BCUT2D eigenvalue weighted by molar-refractivity contribution is -0.115. The number of benzene rings is 1. The first kappa shape index (κ1) is 11.0. The van der Waals surface area contributed by atoms with Crippen molar-refractivity contribution in [1.29, 1.82) is 0 Å². The van der Waals surface area contributed by atoms with Gasteiger partial charge in [-0.3, -0.25) is 4.79 Å². The Morgan fingerprint density at radius 2 is 2.18 bits per heavy atom. The van der Waals surface area contributed by atoms with E-state index in [1.807, 2.05) is 6.07 Å². The number of halogens is 1. The predicted molar refractivity (Wildman–Crippen MR) is 70.0 cm³/mol. The molecule has 0 radical (unpaired) electrons. The van der Waals surface area contributed by atoms with Crippen molar-refractivity contribution in [3.05, 3.63) is 33.8 Å². The van der Waals surface area contributed by atoms with Crippen LogP contribution < -0.4 is 0 Å². The van der Waals surface area contributed by atoms with Crippen LogP contribution in [0.15, 0.2) is 22.7 Å². The molecule has 3 heteroatoms. The van der Waals surface area contributed by atoms with E-state index in [0.717, 1.165) is 24.0 Å². The molecule has 0 heterocycles. The molecular formula is C14H13BrO2. The lowest BCUT2D eigenvalue weighted by Gasteiger charge is -2.30. The van der Waals surface area contributed by atoms with Crippen LogP contribution in [0.4, 0.5) is 0 Å². The zero-order chi connectivity index (χ0) is 12.2. The smallest absolute Gasteiger partial charge is 0.170 e. The van der Waals surface area contributed by atoms with Crippen LogP contribution in [0.2, 0.25) is 0 Å². The molecule has 0 spiro atoms. The SMILES string of the molecule is CC12CCC(=O)C(Br)=C1c1cc(O)ccc1C2. The first-order valence-corrected chi connectivity index (χ1v) is 6.56. The zero-order valence-electron chi connectivity index (χ0n) is 9.59. The van der Waals surface area contributed by atoms with Crippen LogP contribution in [0.5, 0.6) is 5.75 Å². The van der Waals surface area contributed by atoms with Gasteiger partial charge in [0, 0.05) is 6.42 Å². The lowest BCUT2D eigenvalue weighted by Crippen LogP contribution is -2.23. The average Bonchev–Trinajstić information content (AvgIpc) is 2.57. The van der Waals surface area contributed by atoms with E-state index in [2.05, 4.69) is 22.9 Å². The summed E-state index contributed by atoms with van der Waals surface area (Å²) >= 11 is 3.44. The van der Waals surface area contributed by atoms with Gasteiger partial charge in [0.1, 0.15) is 5.75 Å². The topological polar surface area (TPSA) is 37.3 Å². The average molecular weight is 293 g/mol. The Bertz CT molecular complexity index is 559. The Morgan fingerprint density at radius 1 is 1.41 bits per heavy atom. The number of ketones is 1. The molecule has 2 aliphatic carbocycles. The van der Waals surface area contributed by atoms with Gasteiger partial charge in [-0.15, -0.1) is 0 Å². The zero-order valence-corrected chi connectivity index (χ0v) is 11.2. The van der Waals surface area contributed by atoms with Gasteiger partial charge in [0.15, 0.2) is 5.78 Å². The first-order chi connectivity index (χ1) is 8.01. The number of phenols is 1. The molecule has 1 aromatic carbocycles. The Kier molecular flexibility index (Phi) is 2.24. The Morgan fingerprint density at radius 3 is 2.94 bits per heavy atom. The van der Waals surface area contributed by atoms with Gasteiger partial charge >= 0.3 is 0 Å². The highest BCUT2D eigenvalue weighted by molar-refractivity contribution is 9.12. The molecular weight excluding hydrogens is 280 g/mol. The summed E-state index contributed by atoms with van der Waals surface area (Å²) in [6.07, 6.45) is 2.46. The Hall–Kier alpha value is -1.09. The molecule has 0 saturated carbocycles. The number of hydrogen-bond acceptors (Lipinski definition) is 2. The molecule has 88 valence electrons. The van der Waals surface area contributed by atoms with E-state index in [0.29, 0.717) is 10.9 Å². The third-order valence-corrected chi connectivity index (χ3v) is 4.75. The van der Waals surface area contributed by atoms with Crippen LogP contribution in [-0.4, -0.2) is 10.9 Å². The number of Topliss-reactive ketones (excluding diaryl/α,β-unsaturated/α-hetero) is 1. The molecule has 0 amide bonds. The highest BCUT2D eigenvalue weighted by atomic mass is 79.9. The highest BCUT2D eigenvalue weighted by Gasteiger charge is 2.43. The quantitative estimate of drug-likeness (QED) is 0.795. The maximum Gasteiger partial charge on any atom is 0.170 e. The van der Waals surface area contributed by atoms with Crippen LogP contribution >= 0.6 is 15.9 Å². The second-order valence-electron chi connectivity index (χ2n) is 5.19. The lowest BCUT2D eigenvalue weighted by atomic mass is 9.74. The second kappa shape index (κ2) is 3.45. The second-order valence-corrected chi connectivity index (χ2v) is 5.98. The Balaban J connectivity index is 2.28. The number of carbonyl (C=O) groups is 1. The molecule has 0 fully saturated rings. The van der Waals surface area contributed by atoms with Gasteiger partial charge in [-0.25, -0.2) is 0 Å². The van der Waals surface area contributed by atoms with Crippen molar-refractivity contribution in [2.24, 2.45) is 5.41 Å². The van der Waals surface area contributed by atoms with Crippen LogP contribution in [0.25, 0.3) is 5.57 Å². The van der Waals surface area contributed by atoms with Gasteiger partial charge in [-0.1, -0.05) is 13.0 Å². The van der Waals surface area contributed by atoms with E-state index in [9.17, 15) is 9.90 Å². The standard InChI is InChI=1S/C14H13BrO2/c1-14-5-4-11(17)13(15)12(14)10-6-9(16)3-2-8(10)7-14/h2-3,6,16H,4-5,7H2,1H3. The fraction of sp³-hybridized carbons (Fsp3) is 0.357. The summed E-state index contributed by atoms with van der Waals surface area (Å²) in [7, 11) is 0. The van der Waals surface area contributed by atoms with Crippen LogP contribution in [0.1, 0.15) is 30.9 Å². The summed E-state index contributed by atoms with van der Waals surface area (Å²) in [5.74, 6) is 0.437. The maximum atomic E-state index is 11.8. The van der Waals surface area contributed by atoms with E-state index in [4.69, 9.17) is 0 Å². The Labute approximate surface area is 108 Å². The molecule has 1 N–H and O–H groups in total. The molecule has 0 aromatic heterocycles. The van der Waals surface area contributed by atoms with Crippen molar-refractivity contribution in [1.82, 2.24) is 0 Å². The van der Waals surface area contributed by atoms with Gasteiger partial charge in [0.05, 0.1) is 4.48 Å². The van der Waals surface area contributed by atoms with Gasteiger partial charge in [0.2, 0.25) is 0 Å². The van der Waals surface area contributed by atoms with Crippen LogP contribution in [0, 0.1) is 5.41 Å². The molecule has 0 saturated heterocycles. The van der Waals surface area contributed by atoms with Crippen LogP contribution in [-0.2, 0) is 11.2 Å². The molecule has 3 rings (SSSR count). The largest absolute Gasteiger partial charge is 0.508 e. The summed E-state index contributed by atoms with van der Waals surface area (Å²) in [5.41, 5.74) is 3.39. The number of aromatic hydroxyl groups is 1. The fourth-order valence-corrected chi connectivity index (χ4v) is 3.91. The molecule has 1 unspecified atom stereocenters. The fourth-order valence-electron chi connectivity index (χ4n) is 3.02. The summed E-state index contributed by atoms with van der Waals surface area (Å²) in [5, 5.41) is 9.60. The summed E-state index contributed by atoms with van der Waals surface area (Å²) < 4.78 is 0.704. The van der Waals surface area contributed by atoms with Crippen molar-refractivity contribution in [3.63, 3.8) is 0 Å². The minimum atomic E-state index is 0.0445. The van der Waals surface area contributed by atoms with E-state index in [1.54, 1.807) is 12.1 Å². The number of carbonyl (C=O) groups excluding carboxylic acids is 1. The summed E-state index contributed by atoms with van der Waals surface area (Å²) in [6, 6.07) is 5.46. The molecule has 0 bridgehead atoms. The third-order valence-electron chi connectivity index (χ3n) is 3.92. The van der Waals surface area contributed by atoms with Crippen molar-refractivity contribution in [2.75, 3.05) is 0 Å². The monoisotopic (exact) mass is 292 g/mol. The predicted octanol–water partition coefficient (Wildman–Crippen LogP) is 3.42. The minimum Gasteiger partial charge on any atom is -0.508 e. The minimum absolute atomic E-state index is 0.0445. The van der Waals surface area contributed by atoms with Crippen LogP contribution in [0.3, 0.4) is 0 Å². The van der Waals surface area contributed by atoms with Gasteiger partial charge < -0.3 is 5.11 Å². The normalized spacial score (nSPS) is 27.1. The first-order valence-electron chi connectivity index (χ1n) is 5.77. The molecule has 1 atom stereocenters. The summed E-state index contributed by atoms with van der Waals surface area (Å²) in [6.45, 7) is 2.20.